The van der Waals surface area contributed by atoms with Crippen LogP contribution in [0.15, 0.2) is 56.5 Å². The van der Waals surface area contributed by atoms with Crippen LogP contribution in [-0.2, 0) is 6.54 Å². The molecular formula is C24H19F3N8O3. The summed E-state index contributed by atoms with van der Waals surface area (Å²) in [4.78, 5) is 27.6. The second kappa shape index (κ2) is 9.70. The van der Waals surface area contributed by atoms with Crippen molar-refractivity contribution >= 4 is 17.0 Å². The summed E-state index contributed by atoms with van der Waals surface area (Å²) in [5.74, 6) is -1.58. The molecule has 0 atom stereocenters. The summed E-state index contributed by atoms with van der Waals surface area (Å²) in [5, 5.41) is 10.1. The first-order valence-electron chi connectivity index (χ1n) is 11.6. The van der Waals surface area contributed by atoms with E-state index in [0.29, 0.717) is 22.8 Å². The van der Waals surface area contributed by atoms with Crippen molar-refractivity contribution in [3.8, 4) is 22.6 Å². The van der Waals surface area contributed by atoms with Gasteiger partial charge in [-0.05, 0) is 18.2 Å². The van der Waals surface area contributed by atoms with E-state index in [1.165, 1.54) is 22.9 Å². The molecule has 38 heavy (non-hydrogen) atoms. The molecule has 6 rings (SSSR count). The molecule has 0 aliphatic carbocycles. The molecule has 1 N–H and O–H groups in total. The third-order valence-corrected chi connectivity index (χ3v) is 6.13. The predicted molar refractivity (Wildman–Crippen MR) is 128 cm³/mol. The van der Waals surface area contributed by atoms with Crippen LogP contribution in [0, 0.1) is 5.82 Å². The molecule has 0 radical (unpaired) electrons. The minimum absolute atomic E-state index is 0.0144. The first-order valence-corrected chi connectivity index (χ1v) is 11.6. The summed E-state index contributed by atoms with van der Waals surface area (Å²) in [6.07, 6.45) is 1.56. The van der Waals surface area contributed by atoms with E-state index >= 15 is 4.39 Å². The third-order valence-electron chi connectivity index (χ3n) is 6.13. The maximum Gasteiger partial charge on any atom is 0.420 e. The van der Waals surface area contributed by atoms with Gasteiger partial charge in [-0.15, -0.1) is 10.2 Å². The van der Waals surface area contributed by atoms with Gasteiger partial charge in [-0.1, -0.05) is 0 Å². The fraction of sp³-hybridized carbons (Fsp3) is 0.250. The zero-order chi connectivity index (χ0) is 26.2. The number of hydrogen-bond donors (Lipinski definition) is 1. The summed E-state index contributed by atoms with van der Waals surface area (Å²) in [6.45, 7) is 3.23. The Morgan fingerprint density at radius 1 is 0.974 bits per heavy atom. The van der Waals surface area contributed by atoms with Crippen LogP contribution in [0.25, 0.3) is 33.7 Å². The third kappa shape index (κ3) is 4.49. The van der Waals surface area contributed by atoms with E-state index in [4.69, 9.17) is 8.83 Å². The predicted octanol–water partition coefficient (Wildman–Crippen LogP) is 3.03. The van der Waals surface area contributed by atoms with E-state index in [1.807, 2.05) is 4.90 Å². The average molecular weight is 524 g/mol. The van der Waals surface area contributed by atoms with Crippen LogP contribution >= 0.6 is 0 Å². The van der Waals surface area contributed by atoms with Gasteiger partial charge in [-0.3, -0.25) is 9.55 Å². The van der Waals surface area contributed by atoms with E-state index < -0.39 is 23.9 Å². The number of oxazole rings is 1. The van der Waals surface area contributed by atoms with Crippen molar-refractivity contribution in [3.63, 3.8) is 0 Å². The number of anilines is 1. The van der Waals surface area contributed by atoms with Crippen LogP contribution in [-0.4, -0.2) is 55.9 Å². The van der Waals surface area contributed by atoms with Gasteiger partial charge in [0, 0.05) is 62.0 Å². The van der Waals surface area contributed by atoms with Gasteiger partial charge < -0.3 is 19.1 Å². The minimum Gasteiger partial charge on any atom is -0.415 e. The highest BCUT2D eigenvalue weighted by Crippen LogP contribution is 2.28. The number of alkyl halides is 2. The Morgan fingerprint density at radius 3 is 2.42 bits per heavy atom. The van der Waals surface area contributed by atoms with Gasteiger partial charge in [-0.2, -0.15) is 8.78 Å². The monoisotopic (exact) mass is 524 g/mol. The molecule has 0 bridgehead atoms. The molecule has 1 aromatic carbocycles. The van der Waals surface area contributed by atoms with Crippen molar-refractivity contribution in [2.75, 3.05) is 31.1 Å². The Balaban J connectivity index is 1.25. The molecule has 1 saturated heterocycles. The number of nitrogens with one attached hydrogen (secondary N) is 1. The number of nitrogens with zero attached hydrogens (tertiary/aromatic N) is 7. The topological polar surface area (TPSA) is 128 Å². The maximum atomic E-state index is 15.2. The van der Waals surface area contributed by atoms with Crippen molar-refractivity contribution in [3.05, 3.63) is 70.8 Å². The molecule has 1 aliphatic rings. The lowest BCUT2D eigenvalue weighted by Gasteiger charge is -2.27. The van der Waals surface area contributed by atoms with E-state index in [0.717, 1.165) is 26.2 Å². The molecule has 0 saturated carbocycles. The van der Waals surface area contributed by atoms with E-state index in [-0.39, 0.29) is 29.1 Å². The summed E-state index contributed by atoms with van der Waals surface area (Å²) >= 11 is 0. The van der Waals surface area contributed by atoms with Gasteiger partial charge in [0.1, 0.15) is 5.82 Å². The van der Waals surface area contributed by atoms with Crippen molar-refractivity contribution in [1.29, 1.82) is 0 Å². The van der Waals surface area contributed by atoms with Crippen molar-refractivity contribution in [2.45, 2.75) is 13.0 Å². The lowest BCUT2D eigenvalue weighted by Crippen LogP contribution is -2.44. The zero-order valence-corrected chi connectivity index (χ0v) is 19.6. The highest BCUT2D eigenvalue weighted by atomic mass is 19.3. The molecule has 0 spiro atoms. The minimum atomic E-state index is -2.88. The number of benzene rings is 1. The molecule has 5 aromatic rings. The second-order valence-corrected chi connectivity index (χ2v) is 8.55. The molecule has 11 nitrogen and oxygen atoms in total. The van der Waals surface area contributed by atoms with Crippen LogP contribution in [0.3, 0.4) is 0 Å². The van der Waals surface area contributed by atoms with E-state index in [9.17, 15) is 13.6 Å². The van der Waals surface area contributed by atoms with Gasteiger partial charge in [0.25, 0.3) is 5.89 Å². The average Bonchev–Trinajstić information content (AvgIpc) is 3.55. The van der Waals surface area contributed by atoms with Crippen molar-refractivity contribution < 1.29 is 22.0 Å². The number of piperazine rings is 1. The number of halogens is 3. The molecule has 0 amide bonds. The molecule has 5 heterocycles. The lowest BCUT2D eigenvalue weighted by atomic mass is 10.1. The molecule has 0 unspecified atom stereocenters. The van der Waals surface area contributed by atoms with Gasteiger partial charge in [0.05, 0.1) is 23.3 Å². The Labute approximate surface area is 212 Å². The number of hydrogen-bond acceptors (Lipinski definition) is 10. The fourth-order valence-corrected chi connectivity index (χ4v) is 4.19. The quantitative estimate of drug-likeness (QED) is 0.354. The number of fused-ring (bicyclic) bond motifs is 1. The fourth-order valence-electron chi connectivity index (χ4n) is 4.19. The Bertz CT molecular complexity index is 1640. The summed E-state index contributed by atoms with van der Waals surface area (Å²) in [7, 11) is 0. The second-order valence-electron chi connectivity index (χ2n) is 8.55. The standard InChI is InChI=1S/C24H19F3N8O3/c25-17-8-18-19(7-16(17)14-10-30-23(31-11-14)34-5-3-28-4-6-34)37-24(36)35(18)12-15-2-1-13(9-29-15)21-32-33-22(38-21)20(26)27/h1-2,7-11,20,28H,3-6,12H2. The summed E-state index contributed by atoms with van der Waals surface area (Å²) < 4.78 is 52.1. The Morgan fingerprint density at radius 2 is 1.74 bits per heavy atom. The van der Waals surface area contributed by atoms with E-state index in [1.54, 1.807) is 24.5 Å². The van der Waals surface area contributed by atoms with Crippen LogP contribution in [0.1, 0.15) is 18.0 Å². The molecular weight excluding hydrogens is 505 g/mol. The molecule has 14 heteroatoms. The molecule has 4 aromatic heterocycles. The molecule has 1 fully saturated rings. The summed E-state index contributed by atoms with van der Waals surface area (Å²) in [5.41, 5.74) is 1.87. The zero-order valence-electron chi connectivity index (χ0n) is 19.6. The van der Waals surface area contributed by atoms with Gasteiger partial charge in [-0.25, -0.2) is 19.2 Å². The Kier molecular flexibility index (Phi) is 6.07. The van der Waals surface area contributed by atoms with Crippen molar-refractivity contribution in [1.82, 2.24) is 35.0 Å². The normalized spacial score (nSPS) is 14.1. The largest absolute Gasteiger partial charge is 0.420 e. The van der Waals surface area contributed by atoms with E-state index in [2.05, 4.69) is 30.5 Å². The maximum absolute atomic E-state index is 15.2. The van der Waals surface area contributed by atoms with Gasteiger partial charge >= 0.3 is 12.2 Å². The van der Waals surface area contributed by atoms with Gasteiger partial charge in [0.15, 0.2) is 5.58 Å². The van der Waals surface area contributed by atoms with Crippen molar-refractivity contribution in [2.24, 2.45) is 0 Å². The first kappa shape index (κ1) is 23.8. The number of pyridine rings is 1. The summed E-state index contributed by atoms with van der Waals surface area (Å²) in [6, 6.07) is 5.77. The van der Waals surface area contributed by atoms with Gasteiger partial charge in [0.2, 0.25) is 11.8 Å². The van der Waals surface area contributed by atoms with Crippen LogP contribution in [0.5, 0.6) is 0 Å². The van der Waals surface area contributed by atoms with Crippen LogP contribution < -0.4 is 16.0 Å². The number of aromatic nitrogens is 6. The van der Waals surface area contributed by atoms with Crippen LogP contribution in [0.2, 0.25) is 0 Å². The van der Waals surface area contributed by atoms with Crippen LogP contribution in [0.4, 0.5) is 19.1 Å². The number of rotatable bonds is 6. The molecule has 1 aliphatic heterocycles. The lowest BCUT2D eigenvalue weighted by molar-refractivity contribution is 0.116. The SMILES string of the molecule is O=c1oc2cc(-c3cnc(N4CCNCC4)nc3)c(F)cc2n1Cc1ccc(-c2nnc(C(F)F)o2)cn1. The first-order chi connectivity index (χ1) is 18.5. The molecule has 194 valence electrons. The smallest absolute Gasteiger partial charge is 0.415 e. The highest BCUT2D eigenvalue weighted by molar-refractivity contribution is 5.80. The Hall–Kier alpha value is -4.59. The highest BCUT2D eigenvalue weighted by Gasteiger charge is 2.19.